The van der Waals surface area contributed by atoms with Crippen LogP contribution in [0, 0.1) is 11.3 Å². The molecule has 0 unspecified atom stereocenters. The zero-order valence-corrected chi connectivity index (χ0v) is 11.6. The number of rotatable bonds is 4. The molecule has 0 aromatic heterocycles. The molecule has 0 spiro atoms. The zero-order chi connectivity index (χ0) is 15.1. The van der Waals surface area contributed by atoms with Gasteiger partial charge in [-0.2, -0.15) is 5.26 Å². The van der Waals surface area contributed by atoms with Gasteiger partial charge in [0.25, 0.3) is 5.91 Å². The van der Waals surface area contributed by atoms with E-state index in [0.717, 1.165) is 25.7 Å². The molecule has 2 rings (SSSR count). The molecule has 110 valence electrons. The van der Waals surface area contributed by atoms with Gasteiger partial charge in [-0.25, -0.2) is 4.79 Å². The van der Waals surface area contributed by atoms with Crippen molar-refractivity contribution in [2.24, 2.45) is 0 Å². The lowest BCUT2D eigenvalue weighted by atomic mass is 10.2. The van der Waals surface area contributed by atoms with Gasteiger partial charge in [0.1, 0.15) is 11.8 Å². The van der Waals surface area contributed by atoms with E-state index in [-0.39, 0.29) is 12.6 Å². The Hall–Kier alpha value is -2.55. The molecule has 0 saturated heterocycles. The number of hydrogen-bond donors (Lipinski definition) is 2. The normalized spacial score (nSPS) is 14.2. The van der Waals surface area contributed by atoms with Crippen molar-refractivity contribution in [1.82, 2.24) is 10.6 Å². The van der Waals surface area contributed by atoms with Crippen molar-refractivity contribution >= 4 is 11.9 Å². The molecule has 1 aromatic rings. The summed E-state index contributed by atoms with van der Waals surface area (Å²) in [5.41, 5.74) is 0.348. The first kappa shape index (κ1) is 14.9. The first-order valence-electron chi connectivity index (χ1n) is 6.91. The molecule has 0 radical (unpaired) electrons. The van der Waals surface area contributed by atoms with E-state index in [2.05, 4.69) is 10.6 Å². The van der Waals surface area contributed by atoms with E-state index in [1.54, 1.807) is 24.3 Å². The number of ether oxygens (including phenoxy) is 1. The van der Waals surface area contributed by atoms with Crippen molar-refractivity contribution in [2.75, 3.05) is 6.61 Å². The van der Waals surface area contributed by atoms with Crippen molar-refractivity contribution in [2.45, 2.75) is 31.7 Å². The Labute approximate surface area is 123 Å². The van der Waals surface area contributed by atoms with E-state index in [1.165, 1.54) is 0 Å². The Balaban J connectivity index is 1.76. The predicted molar refractivity (Wildman–Crippen MR) is 75.6 cm³/mol. The van der Waals surface area contributed by atoms with E-state index < -0.39 is 11.9 Å². The molecular weight excluding hydrogens is 270 g/mol. The average Bonchev–Trinajstić information content (AvgIpc) is 2.98. The Morgan fingerprint density at radius 2 is 2.00 bits per heavy atom. The molecule has 0 aliphatic heterocycles. The number of hydrogen-bond acceptors (Lipinski definition) is 4. The van der Waals surface area contributed by atoms with Crippen LogP contribution in [0.1, 0.15) is 31.2 Å². The van der Waals surface area contributed by atoms with Gasteiger partial charge in [-0.05, 0) is 25.0 Å². The van der Waals surface area contributed by atoms with Crippen molar-refractivity contribution < 1.29 is 14.3 Å². The van der Waals surface area contributed by atoms with E-state index in [9.17, 15) is 9.59 Å². The quantitative estimate of drug-likeness (QED) is 0.881. The second kappa shape index (κ2) is 7.29. The molecule has 1 aromatic carbocycles. The van der Waals surface area contributed by atoms with Crippen molar-refractivity contribution in [1.29, 1.82) is 5.26 Å². The minimum absolute atomic E-state index is 0.151. The lowest BCUT2D eigenvalue weighted by molar-refractivity contribution is -0.122. The lowest BCUT2D eigenvalue weighted by Crippen LogP contribution is -2.45. The fourth-order valence-electron chi connectivity index (χ4n) is 2.28. The van der Waals surface area contributed by atoms with Crippen LogP contribution >= 0.6 is 0 Å². The summed E-state index contributed by atoms with van der Waals surface area (Å²) < 4.78 is 5.25. The zero-order valence-electron chi connectivity index (χ0n) is 11.6. The van der Waals surface area contributed by atoms with Crippen LogP contribution in [-0.4, -0.2) is 24.6 Å². The number of imide groups is 1. The van der Waals surface area contributed by atoms with E-state index in [1.807, 2.05) is 6.07 Å². The fourth-order valence-corrected chi connectivity index (χ4v) is 2.28. The topological polar surface area (TPSA) is 91.2 Å². The molecule has 0 atom stereocenters. The van der Waals surface area contributed by atoms with Crippen molar-refractivity contribution in [3.05, 3.63) is 29.8 Å². The number of carbonyl (C=O) groups is 2. The maximum Gasteiger partial charge on any atom is 0.321 e. The summed E-state index contributed by atoms with van der Waals surface area (Å²) in [4.78, 5) is 23.2. The van der Waals surface area contributed by atoms with E-state index in [4.69, 9.17) is 10.00 Å². The molecule has 0 heterocycles. The SMILES string of the molecule is N#Cc1ccccc1OCC(=O)NC(=O)NC1CCCC1. The highest BCUT2D eigenvalue weighted by Crippen LogP contribution is 2.17. The molecule has 2 N–H and O–H groups in total. The predicted octanol–water partition coefficient (Wildman–Crippen LogP) is 1.71. The second-order valence-corrected chi connectivity index (χ2v) is 4.90. The molecular formula is C15H17N3O3. The Bertz CT molecular complexity index is 560. The summed E-state index contributed by atoms with van der Waals surface area (Å²) in [6, 6.07) is 8.24. The van der Waals surface area contributed by atoms with Gasteiger partial charge in [0.05, 0.1) is 5.56 Å². The minimum atomic E-state index is -0.543. The number of urea groups is 1. The van der Waals surface area contributed by atoms with Gasteiger partial charge in [-0.15, -0.1) is 0 Å². The summed E-state index contributed by atoms with van der Waals surface area (Å²) in [6.45, 7) is -0.309. The Morgan fingerprint density at radius 3 is 2.71 bits per heavy atom. The van der Waals surface area contributed by atoms with Crippen LogP contribution in [0.25, 0.3) is 0 Å². The molecule has 1 aliphatic rings. The standard InChI is InChI=1S/C15H17N3O3/c16-9-11-5-1-4-8-13(11)21-10-14(19)18-15(20)17-12-6-2-3-7-12/h1,4-5,8,12H,2-3,6-7,10H2,(H2,17,18,19,20). The van der Waals surface area contributed by atoms with Crippen LogP contribution in [0.4, 0.5) is 4.79 Å². The van der Waals surface area contributed by atoms with Gasteiger partial charge in [-0.1, -0.05) is 25.0 Å². The Morgan fingerprint density at radius 1 is 1.29 bits per heavy atom. The number of nitrogens with zero attached hydrogens (tertiary/aromatic N) is 1. The summed E-state index contributed by atoms with van der Waals surface area (Å²) in [7, 11) is 0. The highest BCUT2D eigenvalue weighted by atomic mass is 16.5. The fraction of sp³-hybridized carbons (Fsp3) is 0.400. The van der Waals surface area contributed by atoms with E-state index in [0.29, 0.717) is 11.3 Å². The summed E-state index contributed by atoms with van der Waals surface area (Å²) >= 11 is 0. The molecule has 3 amide bonds. The third-order valence-electron chi connectivity index (χ3n) is 3.31. The highest BCUT2D eigenvalue weighted by molar-refractivity contribution is 5.95. The summed E-state index contributed by atoms with van der Waals surface area (Å²) in [5.74, 6) is -0.218. The third kappa shape index (κ3) is 4.49. The van der Waals surface area contributed by atoms with E-state index >= 15 is 0 Å². The summed E-state index contributed by atoms with van der Waals surface area (Å²) in [5, 5.41) is 13.9. The smallest absolute Gasteiger partial charge is 0.321 e. The maximum absolute atomic E-state index is 11.6. The number of benzene rings is 1. The number of nitriles is 1. The highest BCUT2D eigenvalue weighted by Gasteiger charge is 2.18. The van der Waals surface area contributed by atoms with Crippen LogP contribution in [-0.2, 0) is 4.79 Å². The summed E-state index contributed by atoms with van der Waals surface area (Å²) in [6.07, 6.45) is 4.11. The van der Waals surface area contributed by atoms with Gasteiger partial charge < -0.3 is 10.1 Å². The molecule has 1 aliphatic carbocycles. The van der Waals surface area contributed by atoms with Crippen LogP contribution in [0.15, 0.2) is 24.3 Å². The van der Waals surface area contributed by atoms with Gasteiger partial charge in [0.2, 0.25) is 0 Å². The first-order valence-corrected chi connectivity index (χ1v) is 6.91. The van der Waals surface area contributed by atoms with Crippen LogP contribution in [0.3, 0.4) is 0 Å². The average molecular weight is 287 g/mol. The lowest BCUT2D eigenvalue weighted by Gasteiger charge is -2.12. The monoisotopic (exact) mass is 287 g/mol. The first-order chi connectivity index (χ1) is 10.2. The number of carbonyl (C=O) groups excluding carboxylic acids is 2. The molecule has 0 bridgehead atoms. The van der Waals surface area contributed by atoms with Crippen molar-refractivity contribution in [3.63, 3.8) is 0 Å². The van der Waals surface area contributed by atoms with Crippen molar-refractivity contribution in [3.8, 4) is 11.8 Å². The molecule has 6 nitrogen and oxygen atoms in total. The molecule has 21 heavy (non-hydrogen) atoms. The van der Waals surface area contributed by atoms with Gasteiger partial charge in [0.15, 0.2) is 6.61 Å². The number of para-hydroxylation sites is 1. The largest absolute Gasteiger partial charge is 0.482 e. The molecule has 6 heteroatoms. The minimum Gasteiger partial charge on any atom is -0.482 e. The van der Waals surface area contributed by atoms with Gasteiger partial charge >= 0.3 is 6.03 Å². The molecule has 1 fully saturated rings. The van der Waals surface area contributed by atoms with Gasteiger partial charge in [-0.3, -0.25) is 10.1 Å². The maximum atomic E-state index is 11.6. The van der Waals surface area contributed by atoms with Gasteiger partial charge in [0, 0.05) is 6.04 Å². The Kier molecular flexibility index (Phi) is 5.16. The second-order valence-electron chi connectivity index (χ2n) is 4.90. The van der Waals surface area contributed by atoms with Crippen LogP contribution in [0.2, 0.25) is 0 Å². The van der Waals surface area contributed by atoms with Crippen LogP contribution in [0.5, 0.6) is 5.75 Å². The number of nitrogens with one attached hydrogen (secondary N) is 2. The number of amides is 3. The third-order valence-corrected chi connectivity index (χ3v) is 3.31. The molecule has 1 saturated carbocycles. The van der Waals surface area contributed by atoms with Crippen LogP contribution < -0.4 is 15.4 Å².